The number of sulfonamides is 1. The minimum absolute atomic E-state index is 0.139. The van der Waals surface area contributed by atoms with Crippen LogP contribution in [0.4, 0.5) is 5.82 Å². The molecule has 1 aromatic heterocycles. The Bertz CT molecular complexity index is 731. The molecule has 2 aromatic rings. The first-order chi connectivity index (χ1) is 11.0. The van der Waals surface area contributed by atoms with Crippen LogP contribution in [0.2, 0.25) is 0 Å². The first-order valence-electron chi connectivity index (χ1n) is 7.70. The number of anilines is 1. The SMILES string of the molecule is CCCCCOc1ccc(C)cc1S(=O)(=O)Nc1ccccn1. The Balaban J connectivity index is 2.23. The van der Waals surface area contributed by atoms with Gasteiger partial charge in [-0.05, 0) is 43.2 Å². The molecule has 0 aliphatic rings. The summed E-state index contributed by atoms with van der Waals surface area (Å²) >= 11 is 0. The van der Waals surface area contributed by atoms with E-state index in [4.69, 9.17) is 4.74 Å². The Labute approximate surface area is 137 Å². The lowest BCUT2D eigenvalue weighted by atomic mass is 10.2. The number of hydrogen-bond donors (Lipinski definition) is 1. The Kier molecular flexibility index (Phi) is 5.98. The standard InChI is InChI=1S/C17H22N2O3S/c1-3-4-7-12-22-15-10-9-14(2)13-16(15)23(20,21)19-17-8-5-6-11-18-17/h5-6,8-11,13H,3-4,7,12H2,1-2H3,(H,18,19). The van der Waals surface area contributed by atoms with Gasteiger partial charge in [0.25, 0.3) is 10.0 Å². The van der Waals surface area contributed by atoms with Gasteiger partial charge in [-0.1, -0.05) is 31.9 Å². The molecule has 1 aromatic carbocycles. The molecule has 124 valence electrons. The average Bonchev–Trinajstić information content (AvgIpc) is 2.53. The van der Waals surface area contributed by atoms with Crippen molar-refractivity contribution in [3.63, 3.8) is 0 Å². The highest BCUT2D eigenvalue weighted by Crippen LogP contribution is 2.27. The fourth-order valence-corrected chi connectivity index (χ4v) is 3.33. The average molecular weight is 334 g/mol. The van der Waals surface area contributed by atoms with E-state index in [-0.39, 0.29) is 10.7 Å². The molecule has 2 rings (SSSR count). The molecule has 0 spiro atoms. The molecule has 6 heteroatoms. The van der Waals surface area contributed by atoms with E-state index in [1.807, 2.05) is 13.0 Å². The fraction of sp³-hybridized carbons (Fsp3) is 0.353. The summed E-state index contributed by atoms with van der Waals surface area (Å²) in [6.45, 7) is 4.46. The predicted octanol–water partition coefficient (Wildman–Crippen LogP) is 3.76. The smallest absolute Gasteiger partial charge is 0.266 e. The van der Waals surface area contributed by atoms with Gasteiger partial charge in [0.1, 0.15) is 16.5 Å². The van der Waals surface area contributed by atoms with Gasteiger partial charge in [0.05, 0.1) is 6.61 Å². The van der Waals surface area contributed by atoms with Crippen molar-refractivity contribution < 1.29 is 13.2 Å². The highest BCUT2D eigenvalue weighted by Gasteiger charge is 2.20. The van der Waals surface area contributed by atoms with Crippen LogP contribution >= 0.6 is 0 Å². The fourth-order valence-electron chi connectivity index (χ4n) is 2.09. The van der Waals surface area contributed by atoms with Crippen molar-refractivity contribution >= 4 is 15.8 Å². The third-order valence-electron chi connectivity index (χ3n) is 3.30. The third kappa shape index (κ3) is 4.96. The number of nitrogens with one attached hydrogen (secondary N) is 1. The van der Waals surface area contributed by atoms with Crippen LogP contribution in [0.3, 0.4) is 0 Å². The second-order valence-electron chi connectivity index (χ2n) is 5.33. The van der Waals surface area contributed by atoms with Crippen LogP contribution in [0.5, 0.6) is 5.75 Å². The predicted molar refractivity (Wildman–Crippen MR) is 91.2 cm³/mol. The molecule has 0 aliphatic carbocycles. The largest absolute Gasteiger partial charge is 0.492 e. The Morgan fingerprint density at radius 3 is 2.70 bits per heavy atom. The number of ether oxygens (including phenoxy) is 1. The number of pyridine rings is 1. The van der Waals surface area contributed by atoms with Crippen LogP contribution in [0.15, 0.2) is 47.5 Å². The minimum atomic E-state index is -3.75. The van der Waals surface area contributed by atoms with Crippen molar-refractivity contribution in [2.75, 3.05) is 11.3 Å². The van der Waals surface area contributed by atoms with Crippen LogP contribution in [0.25, 0.3) is 0 Å². The molecule has 1 N–H and O–H groups in total. The number of unbranched alkanes of at least 4 members (excludes halogenated alkanes) is 2. The number of aromatic nitrogens is 1. The second-order valence-corrected chi connectivity index (χ2v) is 6.98. The van der Waals surface area contributed by atoms with Gasteiger partial charge in [-0.2, -0.15) is 0 Å². The Morgan fingerprint density at radius 1 is 1.17 bits per heavy atom. The van der Waals surface area contributed by atoms with E-state index in [9.17, 15) is 8.42 Å². The van der Waals surface area contributed by atoms with Crippen LogP contribution in [-0.4, -0.2) is 20.0 Å². The summed E-state index contributed by atoms with van der Waals surface area (Å²) < 4.78 is 33.4. The summed E-state index contributed by atoms with van der Waals surface area (Å²) in [4.78, 5) is 4.14. The molecule has 0 amide bonds. The topological polar surface area (TPSA) is 68.3 Å². The molecule has 0 unspecified atom stereocenters. The van der Waals surface area contributed by atoms with Crippen LogP contribution in [0.1, 0.15) is 31.7 Å². The van der Waals surface area contributed by atoms with Crippen molar-refractivity contribution in [3.05, 3.63) is 48.2 Å². The van der Waals surface area contributed by atoms with Gasteiger partial charge in [-0.25, -0.2) is 13.4 Å². The number of rotatable bonds is 8. The number of aryl methyl sites for hydroxylation is 1. The van der Waals surface area contributed by atoms with Crippen molar-refractivity contribution in [1.82, 2.24) is 4.98 Å². The van der Waals surface area contributed by atoms with Gasteiger partial charge in [0.2, 0.25) is 0 Å². The molecule has 0 fully saturated rings. The molecule has 23 heavy (non-hydrogen) atoms. The maximum absolute atomic E-state index is 12.6. The highest BCUT2D eigenvalue weighted by atomic mass is 32.2. The molecule has 1 heterocycles. The van der Waals surface area contributed by atoms with E-state index < -0.39 is 10.0 Å². The van der Waals surface area contributed by atoms with Crippen LogP contribution in [0, 0.1) is 6.92 Å². The van der Waals surface area contributed by atoms with E-state index in [0.29, 0.717) is 12.4 Å². The molecule has 0 aliphatic heterocycles. The number of hydrogen-bond acceptors (Lipinski definition) is 4. The van der Waals surface area contributed by atoms with E-state index in [1.165, 1.54) is 6.20 Å². The van der Waals surface area contributed by atoms with E-state index in [1.54, 1.807) is 30.3 Å². The lowest BCUT2D eigenvalue weighted by Crippen LogP contribution is -2.15. The van der Waals surface area contributed by atoms with Crippen LogP contribution < -0.4 is 9.46 Å². The van der Waals surface area contributed by atoms with Crippen LogP contribution in [-0.2, 0) is 10.0 Å². The van der Waals surface area contributed by atoms with Gasteiger partial charge in [0.15, 0.2) is 0 Å². The molecule has 0 saturated heterocycles. The highest BCUT2D eigenvalue weighted by molar-refractivity contribution is 7.92. The van der Waals surface area contributed by atoms with E-state index in [0.717, 1.165) is 24.8 Å². The van der Waals surface area contributed by atoms with Gasteiger partial charge in [-0.15, -0.1) is 0 Å². The zero-order valence-electron chi connectivity index (χ0n) is 13.5. The molecular weight excluding hydrogens is 312 g/mol. The quantitative estimate of drug-likeness (QED) is 0.746. The monoisotopic (exact) mass is 334 g/mol. The lowest BCUT2D eigenvalue weighted by molar-refractivity contribution is 0.298. The lowest BCUT2D eigenvalue weighted by Gasteiger charge is -2.13. The third-order valence-corrected chi connectivity index (χ3v) is 4.67. The van der Waals surface area contributed by atoms with Gasteiger partial charge in [0, 0.05) is 6.20 Å². The van der Waals surface area contributed by atoms with Crippen molar-refractivity contribution in [2.24, 2.45) is 0 Å². The summed E-state index contributed by atoms with van der Waals surface area (Å²) in [7, 11) is -3.75. The first-order valence-corrected chi connectivity index (χ1v) is 9.18. The summed E-state index contributed by atoms with van der Waals surface area (Å²) in [6.07, 6.45) is 4.58. The minimum Gasteiger partial charge on any atom is -0.492 e. The van der Waals surface area contributed by atoms with Gasteiger partial charge < -0.3 is 4.74 Å². The number of nitrogens with zero attached hydrogens (tertiary/aromatic N) is 1. The van der Waals surface area contributed by atoms with Crippen molar-refractivity contribution in [2.45, 2.75) is 38.0 Å². The number of benzene rings is 1. The van der Waals surface area contributed by atoms with E-state index >= 15 is 0 Å². The molecule has 0 atom stereocenters. The summed E-state index contributed by atoms with van der Waals surface area (Å²) in [5.41, 5.74) is 0.854. The molecule has 0 bridgehead atoms. The molecular formula is C17H22N2O3S. The molecule has 0 radical (unpaired) electrons. The summed E-state index contributed by atoms with van der Waals surface area (Å²) in [6, 6.07) is 10.2. The Hall–Kier alpha value is -2.08. The Morgan fingerprint density at radius 2 is 2.00 bits per heavy atom. The zero-order chi connectivity index (χ0) is 16.7. The van der Waals surface area contributed by atoms with Gasteiger partial charge in [-0.3, -0.25) is 4.72 Å². The zero-order valence-corrected chi connectivity index (χ0v) is 14.3. The summed E-state index contributed by atoms with van der Waals surface area (Å²) in [5, 5.41) is 0. The second kappa shape index (κ2) is 7.97. The normalized spacial score (nSPS) is 11.2. The van der Waals surface area contributed by atoms with Gasteiger partial charge >= 0.3 is 0 Å². The molecule has 0 saturated carbocycles. The first kappa shape index (κ1) is 17.3. The van der Waals surface area contributed by atoms with Crippen molar-refractivity contribution in [3.8, 4) is 5.75 Å². The van der Waals surface area contributed by atoms with Crippen molar-refractivity contribution in [1.29, 1.82) is 0 Å². The molecule has 5 nitrogen and oxygen atoms in total. The summed E-state index contributed by atoms with van der Waals surface area (Å²) in [5.74, 6) is 0.654. The maximum Gasteiger partial charge on any atom is 0.266 e. The van der Waals surface area contributed by atoms with E-state index in [2.05, 4.69) is 16.6 Å². The maximum atomic E-state index is 12.6.